The highest BCUT2D eigenvalue weighted by Gasteiger charge is 2.10. The molecule has 1 aromatic heterocycles. The van der Waals surface area contributed by atoms with Crippen molar-refractivity contribution in [2.75, 3.05) is 24.1 Å². The van der Waals surface area contributed by atoms with Crippen molar-refractivity contribution in [1.29, 1.82) is 0 Å². The standard InChI is InChI=1S/C8H16N4O2S/c1-9-4-3-5-15(13,14)11-8-6-10-12(2)7-8/h6-7,9,11H,3-5H2,1-2H3. The van der Waals surface area contributed by atoms with E-state index in [1.807, 2.05) is 0 Å². The van der Waals surface area contributed by atoms with E-state index in [-0.39, 0.29) is 5.75 Å². The van der Waals surface area contributed by atoms with Crippen molar-refractivity contribution in [3.8, 4) is 0 Å². The molecule has 0 saturated carbocycles. The van der Waals surface area contributed by atoms with Crippen LogP contribution in [0.15, 0.2) is 12.4 Å². The molecular formula is C8H16N4O2S. The van der Waals surface area contributed by atoms with Crippen LogP contribution in [0.3, 0.4) is 0 Å². The van der Waals surface area contributed by atoms with E-state index in [4.69, 9.17) is 0 Å². The fraction of sp³-hybridized carbons (Fsp3) is 0.625. The maximum atomic E-state index is 11.5. The van der Waals surface area contributed by atoms with E-state index in [0.29, 0.717) is 18.7 Å². The average molecular weight is 232 g/mol. The normalized spacial score (nSPS) is 11.6. The van der Waals surface area contributed by atoms with Gasteiger partial charge in [-0.25, -0.2) is 8.42 Å². The molecule has 0 aromatic carbocycles. The summed E-state index contributed by atoms with van der Waals surface area (Å²) in [5.41, 5.74) is 0.502. The number of rotatable bonds is 6. The lowest BCUT2D eigenvalue weighted by molar-refractivity contribution is 0.597. The van der Waals surface area contributed by atoms with E-state index >= 15 is 0 Å². The Morgan fingerprint density at radius 3 is 2.80 bits per heavy atom. The van der Waals surface area contributed by atoms with Gasteiger partial charge in [0.1, 0.15) is 0 Å². The zero-order valence-corrected chi connectivity index (χ0v) is 9.71. The smallest absolute Gasteiger partial charge is 0.232 e. The summed E-state index contributed by atoms with van der Waals surface area (Å²) < 4.78 is 27.0. The third-order valence-electron chi connectivity index (χ3n) is 1.82. The quantitative estimate of drug-likeness (QED) is 0.664. The maximum absolute atomic E-state index is 11.5. The Kier molecular flexibility index (Phi) is 4.10. The van der Waals surface area contributed by atoms with Crippen molar-refractivity contribution in [2.24, 2.45) is 7.05 Å². The molecule has 0 fully saturated rings. The van der Waals surface area contributed by atoms with Crippen LogP contribution in [-0.4, -0.2) is 37.5 Å². The zero-order chi connectivity index (χ0) is 11.3. The van der Waals surface area contributed by atoms with Crippen LogP contribution in [0.4, 0.5) is 5.69 Å². The largest absolute Gasteiger partial charge is 0.320 e. The Morgan fingerprint density at radius 1 is 1.53 bits per heavy atom. The summed E-state index contributed by atoms with van der Waals surface area (Å²) in [6.45, 7) is 0.688. The summed E-state index contributed by atoms with van der Waals surface area (Å²) >= 11 is 0. The molecule has 0 atom stereocenters. The predicted molar refractivity (Wildman–Crippen MR) is 59.2 cm³/mol. The minimum Gasteiger partial charge on any atom is -0.320 e. The lowest BCUT2D eigenvalue weighted by Gasteiger charge is -2.04. The molecule has 6 nitrogen and oxygen atoms in total. The van der Waals surface area contributed by atoms with Gasteiger partial charge in [-0.3, -0.25) is 9.40 Å². The minimum atomic E-state index is -3.24. The Balaban J connectivity index is 2.49. The lowest BCUT2D eigenvalue weighted by Crippen LogP contribution is -2.20. The van der Waals surface area contributed by atoms with Gasteiger partial charge in [0.05, 0.1) is 17.6 Å². The molecule has 0 amide bonds. The molecule has 0 spiro atoms. The number of aromatic nitrogens is 2. The summed E-state index contributed by atoms with van der Waals surface area (Å²) in [6, 6.07) is 0. The Morgan fingerprint density at radius 2 is 2.27 bits per heavy atom. The van der Waals surface area contributed by atoms with Gasteiger partial charge < -0.3 is 5.32 Å². The van der Waals surface area contributed by atoms with Crippen LogP contribution in [0, 0.1) is 0 Å². The Bertz CT molecular complexity index is 399. The van der Waals surface area contributed by atoms with Gasteiger partial charge in [-0.2, -0.15) is 5.10 Å². The van der Waals surface area contributed by atoms with Crippen molar-refractivity contribution in [3.05, 3.63) is 12.4 Å². The number of hydrogen-bond donors (Lipinski definition) is 2. The molecular weight excluding hydrogens is 216 g/mol. The predicted octanol–water partition coefficient (Wildman–Crippen LogP) is -0.229. The molecule has 0 aliphatic heterocycles. The van der Waals surface area contributed by atoms with E-state index in [2.05, 4.69) is 15.1 Å². The molecule has 0 bridgehead atoms. The zero-order valence-electron chi connectivity index (χ0n) is 8.90. The van der Waals surface area contributed by atoms with Crippen LogP contribution < -0.4 is 10.0 Å². The molecule has 0 unspecified atom stereocenters. The van der Waals surface area contributed by atoms with Crippen molar-refractivity contribution in [3.63, 3.8) is 0 Å². The number of aryl methyl sites for hydroxylation is 1. The molecule has 0 aliphatic carbocycles. The highest BCUT2D eigenvalue weighted by Crippen LogP contribution is 2.06. The van der Waals surface area contributed by atoms with Gasteiger partial charge >= 0.3 is 0 Å². The Labute approximate surface area is 89.7 Å². The van der Waals surface area contributed by atoms with Crippen molar-refractivity contribution < 1.29 is 8.42 Å². The monoisotopic (exact) mass is 232 g/mol. The van der Waals surface area contributed by atoms with Crippen molar-refractivity contribution in [1.82, 2.24) is 15.1 Å². The molecule has 1 aromatic rings. The van der Waals surface area contributed by atoms with Crippen LogP contribution in [0.5, 0.6) is 0 Å². The van der Waals surface area contributed by atoms with Gasteiger partial charge in [-0.1, -0.05) is 0 Å². The van der Waals surface area contributed by atoms with E-state index < -0.39 is 10.0 Å². The third-order valence-corrected chi connectivity index (χ3v) is 3.19. The van der Waals surface area contributed by atoms with Crippen LogP contribution in [-0.2, 0) is 17.1 Å². The summed E-state index contributed by atoms with van der Waals surface area (Å²) in [4.78, 5) is 0. The first-order valence-corrected chi connectivity index (χ1v) is 6.32. The minimum absolute atomic E-state index is 0.114. The fourth-order valence-electron chi connectivity index (χ4n) is 1.14. The molecule has 2 N–H and O–H groups in total. The van der Waals surface area contributed by atoms with Gasteiger partial charge in [0.2, 0.25) is 10.0 Å². The summed E-state index contributed by atoms with van der Waals surface area (Å²) in [6.07, 6.45) is 3.69. The molecule has 86 valence electrons. The van der Waals surface area contributed by atoms with Gasteiger partial charge in [0.15, 0.2) is 0 Å². The second kappa shape index (κ2) is 5.13. The molecule has 7 heteroatoms. The van der Waals surface area contributed by atoms with Crippen LogP contribution in [0.1, 0.15) is 6.42 Å². The number of nitrogens with one attached hydrogen (secondary N) is 2. The third kappa shape index (κ3) is 4.30. The van der Waals surface area contributed by atoms with Crippen LogP contribution in [0.25, 0.3) is 0 Å². The molecule has 15 heavy (non-hydrogen) atoms. The first-order chi connectivity index (χ1) is 7.03. The Hall–Kier alpha value is -1.08. The average Bonchev–Trinajstić information content (AvgIpc) is 2.50. The highest BCUT2D eigenvalue weighted by molar-refractivity contribution is 7.92. The first kappa shape index (κ1) is 12.0. The summed E-state index contributed by atoms with van der Waals surface area (Å²) in [5.74, 6) is 0.114. The highest BCUT2D eigenvalue weighted by atomic mass is 32.2. The van der Waals surface area contributed by atoms with E-state index in [0.717, 1.165) is 0 Å². The van der Waals surface area contributed by atoms with Crippen LogP contribution in [0.2, 0.25) is 0 Å². The second-order valence-corrected chi connectivity index (χ2v) is 5.12. The molecule has 0 aliphatic rings. The van der Waals surface area contributed by atoms with E-state index in [1.165, 1.54) is 6.20 Å². The molecule has 1 rings (SSSR count). The molecule has 1 heterocycles. The SMILES string of the molecule is CNCCCS(=O)(=O)Nc1cnn(C)c1. The van der Waals surface area contributed by atoms with Gasteiger partial charge in [0.25, 0.3) is 0 Å². The van der Waals surface area contributed by atoms with Gasteiger partial charge in [-0.05, 0) is 20.0 Å². The fourth-order valence-corrected chi connectivity index (χ4v) is 2.23. The summed E-state index contributed by atoms with van der Waals surface area (Å²) in [7, 11) is 0.291. The van der Waals surface area contributed by atoms with E-state index in [9.17, 15) is 8.42 Å². The number of nitrogens with zero attached hydrogens (tertiary/aromatic N) is 2. The lowest BCUT2D eigenvalue weighted by atomic mass is 10.5. The summed E-state index contributed by atoms with van der Waals surface area (Å²) in [5, 5.41) is 6.77. The molecule has 0 radical (unpaired) electrons. The topological polar surface area (TPSA) is 76.0 Å². The number of sulfonamides is 1. The van der Waals surface area contributed by atoms with Crippen molar-refractivity contribution >= 4 is 15.7 Å². The van der Waals surface area contributed by atoms with Crippen molar-refractivity contribution in [2.45, 2.75) is 6.42 Å². The second-order valence-electron chi connectivity index (χ2n) is 3.28. The first-order valence-electron chi connectivity index (χ1n) is 4.67. The van der Waals surface area contributed by atoms with Gasteiger partial charge in [0, 0.05) is 13.2 Å². The van der Waals surface area contributed by atoms with Gasteiger partial charge in [-0.15, -0.1) is 0 Å². The number of hydrogen-bond acceptors (Lipinski definition) is 4. The van der Waals surface area contributed by atoms with E-state index in [1.54, 1.807) is 25.0 Å². The van der Waals surface area contributed by atoms with Crippen LogP contribution >= 0.6 is 0 Å². The maximum Gasteiger partial charge on any atom is 0.232 e. The number of anilines is 1. The molecule has 0 saturated heterocycles.